The third kappa shape index (κ3) is 7.26. The highest BCUT2D eigenvalue weighted by Gasteiger charge is 2.24. The van der Waals surface area contributed by atoms with Gasteiger partial charge < -0.3 is 24.3 Å². The van der Waals surface area contributed by atoms with Crippen LogP contribution in [0.15, 0.2) is 94.8 Å². The third-order valence-electron chi connectivity index (χ3n) is 6.31. The number of methoxy groups -OCH3 is 2. The second kappa shape index (κ2) is 13.5. The van der Waals surface area contributed by atoms with E-state index in [1.165, 1.54) is 11.8 Å². The predicted molar refractivity (Wildman–Crippen MR) is 168 cm³/mol. The summed E-state index contributed by atoms with van der Waals surface area (Å²) in [6, 6.07) is 26.8. The SMILES string of the molecule is COc1cc(COc2c(Cl)cc(/C=C3/SC(=Nc4ccc(C)cc4)NC3=O)cc2OC)ccc1OCc1ccccc1. The predicted octanol–water partition coefficient (Wildman–Crippen LogP) is 7.72. The summed E-state index contributed by atoms with van der Waals surface area (Å²) in [5.41, 5.74) is 4.53. The van der Waals surface area contributed by atoms with Gasteiger partial charge >= 0.3 is 0 Å². The van der Waals surface area contributed by atoms with Gasteiger partial charge in [-0.15, -0.1) is 0 Å². The molecule has 0 saturated carbocycles. The Kier molecular flexibility index (Phi) is 9.36. The van der Waals surface area contributed by atoms with Crippen molar-refractivity contribution in [3.05, 3.63) is 117 Å². The summed E-state index contributed by atoms with van der Waals surface area (Å²) in [4.78, 5) is 17.6. The summed E-state index contributed by atoms with van der Waals surface area (Å²) in [5, 5.41) is 3.68. The van der Waals surface area contributed by atoms with Crippen molar-refractivity contribution in [2.45, 2.75) is 20.1 Å². The minimum atomic E-state index is -0.230. The van der Waals surface area contributed by atoms with Gasteiger partial charge in [0.05, 0.1) is 29.8 Å². The zero-order chi connectivity index (χ0) is 29.5. The zero-order valence-corrected chi connectivity index (χ0v) is 24.9. The first kappa shape index (κ1) is 29.1. The van der Waals surface area contributed by atoms with Crippen LogP contribution in [0.2, 0.25) is 5.02 Å². The molecule has 5 rings (SSSR count). The maximum atomic E-state index is 12.6. The Hall–Kier alpha value is -4.40. The van der Waals surface area contributed by atoms with E-state index in [9.17, 15) is 4.79 Å². The minimum Gasteiger partial charge on any atom is -0.493 e. The standard InChI is InChI=1S/C33H29ClN2O5S/c1-21-9-12-25(13-10-21)35-33-36-32(37)30(42-33)18-24-15-26(34)31(29(17-24)39-3)41-20-23-11-14-27(28(16-23)38-2)40-19-22-7-5-4-6-8-22/h4-18H,19-20H2,1-3H3,(H,35,36,37)/b30-18+. The fraction of sp³-hybridized carbons (Fsp3) is 0.152. The number of aliphatic imine (C=N–C) groups is 1. The molecule has 0 atom stereocenters. The van der Waals surface area contributed by atoms with Crippen molar-refractivity contribution in [3.8, 4) is 23.0 Å². The fourth-order valence-electron chi connectivity index (χ4n) is 4.14. The first-order chi connectivity index (χ1) is 20.4. The van der Waals surface area contributed by atoms with E-state index in [1.54, 1.807) is 32.4 Å². The van der Waals surface area contributed by atoms with Gasteiger partial charge in [0.25, 0.3) is 5.91 Å². The highest BCUT2D eigenvalue weighted by Crippen LogP contribution is 2.39. The summed E-state index contributed by atoms with van der Waals surface area (Å²) in [5.74, 6) is 1.85. The molecule has 0 unspecified atom stereocenters. The third-order valence-corrected chi connectivity index (χ3v) is 7.50. The van der Waals surface area contributed by atoms with Crippen LogP contribution in [0.3, 0.4) is 0 Å². The lowest BCUT2D eigenvalue weighted by atomic mass is 10.1. The monoisotopic (exact) mass is 600 g/mol. The molecule has 7 nitrogen and oxygen atoms in total. The van der Waals surface area contributed by atoms with Crippen LogP contribution < -0.4 is 24.3 Å². The number of carbonyl (C=O) groups is 1. The molecule has 0 radical (unpaired) electrons. The van der Waals surface area contributed by atoms with Gasteiger partial charge in [-0.2, -0.15) is 0 Å². The van der Waals surface area contributed by atoms with E-state index in [1.807, 2.05) is 79.7 Å². The van der Waals surface area contributed by atoms with E-state index < -0.39 is 0 Å². The second-order valence-corrected chi connectivity index (χ2v) is 10.8. The molecule has 4 aromatic rings. The summed E-state index contributed by atoms with van der Waals surface area (Å²) in [7, 11) is 3.14. The number of nitrogens with zero attached hydrogens (tertiary/aromatic N) is 1. The normalized spacial score (nSPS) is 14.6. The number of amidine groups is 1. The van der Waals surface area contributed by atoms with Crippen molar-refractivity contribution >= 4 is 46.2 Å². The molecule has 0 bridgehead atoms. The van der Waals surface area contributed by atoms with Gasteiger partial charge in [0.2, 0.25) is 0 Å². The number of ether oxygens (including phenoxy) is 4. The lowest BCUT2D eigenvalue weighted by molar-refractivity contribution is -0.115. The van der Waals surface area contributed by atoms with Gasteiger partial charge in [-0.05, 0) is 77.9 Å². The number of carbonyl (C=O) groups excluding carboxylic acids is 1. The van der Waals surface area contributed by atoms with Gasteiger partial charge in [0, 0.05) is 0 Å². The molecule has 4 aromatic carbocycles. The van der Waals surface area contributed by atoms with E-state index in [-0.39, 0.29) is 12.5 Å². The molecule has 1 heterocycles. The minimum absolute atomic E-state index is 0.225. The Bertz CT molecular complexity index is 1640. The number of benzene rings is 4. The Morgan fingerprint density at radius 2 is 1.57 bits per heavy atom. The van der Waals surface area contributed by atoms with Crippen LogP contribution in [-0.2, 0) is 18.0 Å². The molecule has 1 saturated heterocycles. The van der Waals surface area contributed by atoms with Crippen LogP contribution in [0.4, 0.5) is 5.69 Å². The number of thioether (sulfide) groups is 1. The Morgan fingerprint density at radius 3 is 2.31 bits per heavy atom. The molecular weight excluding hydrogens is 572 g/mol. The quantitative estimate of drug-likeness (QED) is 0.188. The molecule has 1 aliphatic heterocycles. The second-order valence-electron chi connectivity index (χ2n) is 9.40. The van der Waals surface area contributed by atoms with Crippen LogP contribution in [0.5, 0.6) is 23.0 Å². The molecule has 1 amide bonds. The number of nitrogens with one attached hydrogen (secondary N) is 1. The van der Waals surface area contributed by atoms with E-state index >= 15 is 0 Å². The summed E-state index contributed by atoms with van der Waals surface area (Å²) in [6.45, 7) is 2.67. The van der Waals surface area contributed by atoms with E-state index in [2.05, 4.69) is 10.3 Å². The molecule has 0 spiro atoms. The first-order valence-electron chi connectivity index (χ1n) is 13.1. The van der Waals surface area contributed by atoms with Crippen LogP contribution in [0.1, 0.15) is 22.3 Å². The number of halogens is 1. The average Bonchev–Trinajstić information content (AvgIpc) is 3.34. The molecule has 0 aliphatic carbocycles. The topological polar surface area (TPSA) is 78.4 Å². The highest BCUT2D eigenvalue weighted by atomic mass is 35.5. The maximum absolute atomic E-state index is 12.6. The van der Waals surface area contributed by atoms with Gasteiger partial charge in [-0.1, -0.05) is 65.7 Å². The maximum Gasteiger partial charge on any atom is 0.264 e. The van der Waals surface area contributed by atoms with Gasteiger partial charge in [0.15, 0.2) is 28.2 Å². The smallest absolute Gasteiger partial charge is 0.264 e. The van der Waals surface area contributed by atoms with E-state index in [0.29, 0.717) is 50.3 Å². The summed E-state index contributed by atoms with van der Waals surface area (Å²) >= 11 is 7.89. The van der Waals surface area contributed by atoms with Crippen molar-refractivity contribution in [1.29, 1.82) is 0 Å². The zero-order valence-electron chi connectivity index (χ0n) is 23.3. The van der Waals surface area contributed by atoms with Crippen LogP contribution in [0.25, 0.3) is 6.08 Å². The lowest BCUT2D eigenvalue weighted by Crippen LogP contribution is -2.19. The van der Waals surface area contributed by atoms with E-state index in [0.717, 1.165) is 22.4 Å². The van der Waals surface area contributed by atoms with Crippen molar-refractivity contribution in [2.75, 3.05) is 14.2 Å². The van der Waals surface area contributed by atoms with Crippen molar-refractivity contribution in [2.24, 2.45) is 4.99 Å². The first-order valence-corrected chi connectivity index (χ1v) is 14.3. The van der Waals surface area contributed by atoms with Crippen LogP contribution in [0, 0.1) is 6.92 Å². The molecule has 1 N–H and O–H groups in total. The number of rotatable bonds is 10. The summed E-state index contributed by atoms with van der Waals surface area (Å²) < 4.78 is 23.2. The number of hydrogen-bond donors (Lipinski definition) is 1. The molecule has 214 valence electrons. The van der Waals surface area contributed by atoms with Gasteiger partial charge in [-0.3, -0.25) is 4.79 Å². The van der Waals surface area contributed by atoms with Crippen molar-refractivity contribution in [1.82, 2.24) is 5.32 Å². The largest absolute Gasteiger partial charge is 0.493 e. The molecule has 42 heavy (non-hydrogen) atoms. The average molecular weight is 601 g/mol. The highest BCUT2D eigenvalue weighted by molar-refractivity contribution is 8.18. The number of hydrogen-bond acceptors (Lipinski definition) is 7. The van der Waals surface area contributed by atoms with Gasteiger partial charge in [0.1, 0.15) is 13.2 Å². The van der Waals surface area contributed by atoms with Crippen molar-refractivity contribution in [3.63, 3.8) is 0 Å². The number of amides is 1. The molecular formula is C33H29ClN2O5S. The molecule has 9 heteroatoms. The Morgan fingerprint density at radius 1 is 0.833 bits per heavy atom. The molecule has 1 aliphatic rings. The van der Waals surface area contributed by atoms with Crippen LogP contribution in [-0.4, -0.2) is 25.3 Å². The van der Waals surface area contributed by atoms with E-state index in [4.69, 9.17) is 30.5 Å². The van der Waals surface area contributed by atoms with Crippen LogP contribution >= 0.6 is 23.4 Å². The molecule has 0 aromatic heterocycles. The number of aryl methyl sites for hydroxylation is 1. The Labute approximate surface area is 254 Å². The molecule has 1 fully saturated rings. The Balaban J connectivity index is 1.27. The fourth-order valence-corrected chi connectivity index (χ4v) is 5.26. The summed E-state index contributed by atoms with van der Waals surface area (Å²) in [6.07, 6.45) is 1.74. The lowest BCUT2D eigenvalue weighted by Gasteiger charge is -2.15. The van der Waals surface area contributed by atoms with Gasteiger partial charge in [-0.25, -0.2) is 4.99 Å². The van der Waals surface area contributed by atoms with Crippen molar-refractivity contribution < 1.29 is 23.7 Å².